The number of aliphatic imine (C=N–C) groups is 1. The summed E-state index contributed by atoms with van der Waals surface area (Å²) in [7, 11) is 0. The average molecular weight is 392 g/mol. The number of hydrogen-bond acceptors (Lipinski definition) is 2. The molecule has 3 aromatic rings. The van der Waals surface area contributed by atoms with Crippen LogP contribution in [0.5, 0.6) is 0 Å². The summed E-state index contributed by atoms with van der Waals surface area (Å²) in [6.45, 7) is 0.784. The van der Waals surface area contributed by atoms with E-state index < -0.39 is 11.7 Å². The highest BCUT2D eigenvalue weighted by Gasteiger charge is 2.30. The SMILES string of the molecule is FC(F)(F)c1cccc(-c2cccc(C=C3CCCN=C3c3cccnc3)c2)c1. The lowest BCUT2D eigenvalue weighted by molar-refractivity contribution is -0.137. The summed E-state index contributed by atoms with van der Waals surface area (Å²) in [4.78, 5) is 8.86. The fourth-order valence-corrected chi connectivity index (χ4v) is 3.48. The van der Waals surface area contributed by atoms with Gasteiger partial charge in [-0.3, -0.25) is 9.98 Å². The third-order valence-corrected chi connectivity index (χ3v) is 4.86. The lowest BCUT2D eigenvalue weighted by Crippen LogP contribution is -2.11. The Hall–Kier alpha value is -3.21. The van der Waals surface area contributed by atoms with Gasteiger partial charge in [0.15, 0.2) is 0 Å². The molecule has 0 saturated heterocycles. The maximum Gasteiger partial charge on any atom is 0.416 e. The van der Waals surface area contributed by atoms with Gasteiger partial charge in [0.1, 0.15) is 0 Å². The fraction of sp³-hybridized carbons (Fsp3) is 0.167. The topological polar surface area (TPSA) is 25.2 Å². The van der Waals surface area contributed by atoms with Gasteiger partial charge in [0.2, 0.25) is 0 Å². The Labute approximate surface area is 167 Å². The van der Waals surface area contributed by atoms with Gasteiger partial charge in [0.25, 0.3) is 0 Å². The normalized spacial score (nSPS) is 16.0. The predicted molar refractivity (Wildman–Crippen MR) is 110 cm³/mol. The molecule has 2 heterocycles. The van der Waals surface area contributed by atoms with Crippen LogP contribution in [0.1, 0.15) is 29.5 Å². The van der Waals surface area contributed by atoms with Crippen LogP contribution in [0.4, 0.5) is 13.2 Å². The molecule has 0 unspecified atom stereocenters. The van der Waals surface area contributed by atoms with Gasteiger partial charge in [-0.05, 0) is 71.5 Å². The van der Waals surface area contributed by atoms with Crippen LogP contribution >= 0.6 is 0 Å². The number of hydrogen-bond donors (Lipinski definition) is 0. The van der Waals surface area contributed by atoms with E-state index in [1.165, 1.54) is 12.1 Å². The molecule has 146 valence electrons. The summed E-state index contributed by atoms with van der Waals surface area (Å²) in [6.07, 6.45) is 3.13. The molecule has 0 aliphatic carbocycles. The van der Waals surface area contributed by atoms with E-state index >= 15 is 0 Å². The standard InChI is InChI=1S/C24H19F3N2/c25-24(26,27)22-10-2-7-19(15-22)18-6-1-5-17(13-18)14-20-8-4-12-29-23(20)21-9-3-11-28-16-21/h1-3,5-7,9-11,13-16H,4,8,12H2. The van der Waals surface area contributed by atoms with Gasteiger partial charge in [-0.15, -0.1) is 0 Å². The van der Waals surface area contributed by atoms with Crippen molar-refractivity contribution in [3.05, 3.63) is 95.3 Å². The van der Waals surface area contributed by atoms with Crippen molar-refractivity contribution in [3.63, 3.8) is 0 Å². The molecule has 1 aliphatic rings. The van der Waals surface area contributed by atoms with Crippen molar-refractivity contribution in [2.45, 2.75) is 19.0 Å². The first kappa shape index (κ1) is 19.1. The van der Waals surface area contributed by atoms with E-state index in [4.69, 9.17) is 0 Å². The molecule has 0 N–H and O–H groups in total. The highest BCUT2D eigenvalue weighted by molar-refractivity contribution is 6.15. The van der Waals surface area contributed by atoms with E-state index in [-0.39, 0.29) is 0 Å². The van der Waals surface area contributed by atoms with Crippen molar-refractivity contribution < 1.29 is 13.2 Å². The van der Waals surface area contributed by atoms with E-state index in [9.17, 15) is 13.2 Å². The number of halogens is 3. The van der Waals surface area contributed by atoms with Gasteiger partial charge >= 0.3 is 6.18 Å². The molecular weight excluding hydrogens is 373 g/mol. The van der Waals surface area contributed by atoms with Crippen molar-refractivity contribution in [3.8, 4) is 11.1 Å². The highest BCUT2D eigenvalue weighted by atomic mass is 19.4. The Kier molecular flexibility index (Phi) is 5.30. The van der Waals surface area contributed by atoms with E-state index in [0.29, 0.717) is 5.56 Å². The molecule has 2 nitrogen and oxygen atoms in total. The molecule has 0 fully saturated rings. The fourth-order valence-electron chi connectivity index (χ4n) is 3.48. The second kappa shape index (κ2) is 8.03. The summed E-state index contributed by atoms with van der Waals surface area (Å²) < 4.78 is 39.1. The predicted octanol–water partition coefficient (Wildman–Crippen LogP) is 6.43. The first-order valence-corrected chi connectivity index (χ1v) is 9.44. The molecule has 0 bridgehead atoms. The molecule has 5 heteroatoms. The summed E-state index contributed by atoms with van der Waals surface area (Å²) in [6, 6.07) is 16.9. The molecule has 0 amide bonds. The van der Waals surface area contributed by atoms with Crippen LogP contribution < -0.4 is 0 Å². The summed E-state index contributed by atoms with van der Waals surface area (Å²) in [5.74, 6) is 0. The van der Waals surface area contributed by atoms with Crippen molar-refractivity contribution in [1.82, 2.24) is 4.98 Å². The minimum atomic E-state index is -4.35. The van der Waals surface area contributed by atoms with Crippen LogP contribution in [0, 0.1) is 0 Å². The van der Waals surface area contributed by atoms with E-state index in [1.54, 1.807) is 18.5 Å². The van der Waals surface area contributed by atoms with Crippen molar-refractivity contribution in [2.24, 2.45) is 4.99 Å². The molecule has 1 aromatic heterocycles. The smallest absolute Gasteiger partial charge is 0.284 e. The van der Waals surface area contributed by atoms with E-state index in [1.807, 2.05) is 36.4 Å². The monoisotopic (exact) mass is 392 g/mol. The maximum atomic E-state index is 13.0. The van der Waals surface area contributed by atoms with Crippen molar-refractivity contribution in [1.29, 1.82) is 0 Å². The Bertz CT molecular complexity index is 1070. The number of rotatable bonds is 3. The first-order valence-electron chi connectivity index (χ1n) is 9.44. The van der Waals surface area contributed by atoms with Crippen LogP contribution in [0.2, 0.25) is 0 Å². The largest absolute Gasteiger partial charge is 0.416 e. The number of benzene rings is 2. The zero-order chi connectivity index (χ0) is 20.3. The number of allylic oxidation sites excluding steroid dienone is 1. The zero-order valence-electron chi connectivity index (χ0n) is 15.7. The third kappa shape index (κ3) is 4.45. The summed E-state index contributed by atoms with van der Waals surface area (Å²) in [5.41, 5.74) is 4.63. The third-order valence-electron chi connectivity index (χ3n) is 4.86. The van der Waals surface area contributed by atoms with Crippen LogP contribution in [-0.2, 0) is 6.18 Å². The van der Waals surface area contributed by atoms with Gasteiger partial charge in [-0.2, -0.15) is 13.2 Å². The van der Waals surface area contributed by atoms with Crippen molar-refractivity contribution >= 4 is 11.8 Å². The lowest BCUT2D eigenvalue weighted by atomic mass is 9.94. The Morgan fingerprint density at radius 1 is 0.862 bits per heavy atom. The second-order valence-electron chi connectivity index (χ2n) is 6.95. The minimum absolute atomic E-state index is 0.546. The highest BCUT2D eigenvalue weighted by Crippen LogP contribution is 2.32. The molecule has 0 atom stereocenters. The quantitative estimate of drug-likeness (QED) is 0.504. The van der Waals surface area contributed by atoms with Crippen LogP contribution in [0.25, 0.3) is 17.2 Å². The van der Waals surface area contributed by atoms with E-state index in [2.05, 4.69) is 16.1 Å². The van der Waals surface area contributed by atoms with Gasteiger partial charge in [0.05, 0.1) is 11.3 Å². The molecule has 2 aromatic carbocycles. The van der Waals surface area contributed by atoms with Gasteiger partial charge in [-0.1, -0.05) is 30.3 Å². The molecular formula is C24H19F3N2. The number of aromatic nitrogens is 1. The lowest BCUT2D eigenvalue weighted by Gasteiger charge is -2.16. The molecule has 29 heavy (non-hydrogen) atoms. The molecule has 1 aliphatic heterocycles. The molecule has 4 rings (SSSR count). The molecule has 0 saturated carbocycles. The second-order valence-corrected chi connectivity index (χ2v) is 6.95. The van der Waals surface area contributed by atoms with Crippen LogP contribution in [0.3, 0.4) is 0 Å². The Morgan fingerprint density at radius 3 is 2.38 bits per heavy atom. The summed E-state index contributed by atoms with van der Waals surface area (Å²) in [5, 5.41) is 0. The zero-order valence-corrected chi connectivity index (χ0v) is 15.7. The van der Waals surface area contributed by atoms with Crippen LogP contribution in [-0.4, -0.2) is 17.2 Å². The number of pyridine rings is 1. The van der Waals surface area contributed by atoms with Gasteiger partial charge < -0.3 is 0 Å². The van der Waals surface area contributed by atoms with E-state index in [0.717, 1.165) is 53.4 Å². The maximum absolute atomic E-state index is 13.0. The minimum Gasteiger partial charge on any atom is -0.284 e. The number of nitrogens with zero attached hydrogens (tertiary/aromatic N) is 2. The Morgan fingerprint density at radius 2 is 1.62 bits per heavy atom. The first-order chi connectivity index (χ1) is 14.0. The summed E-state index contributed by atoms with van der Waals surface area (Å²) >= 11 is 0. The molecule has 0 radical (unpaired) electrons. The average Bonchev–Trinajstić information content (AvgIpc) is 2.74. The van der Waals surface area contributed by atoms with Crippen molar-refractivity contribution in [2.75, 3.05) is 6.54 Å². The number of alkyl halides is 3. The Balaban J connectivity index is 1.69. The molecule has 0 spiro atoms. The van der Waals surface area contributed by atoms with Gasteiger partial charge in [-0.25, -0.2) is 0 Å². The van der Waals surface area contributed by atoms with Crippen LogP contribution in [0.15, 0.2) is 83.6 Å². The van der Waals surface area contributed by atoms with Gasteiger partial charge in [0, 0.05) is 24.5 Å².